The Bertz CT molecular complexity index is 268. The quantitative estimate of drug-likeness (QED) is 0.769. The highest BCUT2D eigenvalue weighted by molar-refractivity contribution is 7.07. The topological polar surface area (TPSA) is 55.1 Å². The molecule has 14 heavy (non-hydrogen) atoms. The second-order valence-electron chi connectivity index (χ2n) is 3.22. The van der Waals surface area contributed by atoms with E-state index in [1.54, 1.807) is 11.3 Å². The first-order valence-corrected chi connectivity index (χ1v) is 5.71. The van der Waals surface area contributed by atoms with Crippen molar-refractivity contribution in [3.05, 3.63) is 22.4 Å². The molecule has 1 rings (SSSR count). The molecule has 0 aliphatic rings. The summed E-state index contributed by atoms with van der Waals surface area (Å²) in [7, 11) is 0. The van der Waals surface area contributed by atoms with E-state index in [0.29, 0.717) is 13.0 Å². The van der Waals surface area contributed by atoms with Crippen LogP contribution in [-0.4, -0.2) is 18.5 Å². The van der Waals surface area contributed by atoms with E-state index in [2.05, 4.69) is 5.32 Å². The molecule has 3 nitrogen and oxygen atoms in total. The minimum absolute atomic E-state index is 0.0562. The third-order valence-corrected chi connectivity index (χ3v) is 2.82. The molecule has 1 aromatic rings. The van der Waals surface area contributed by atoms with Gasteiger partial charge in [-0.15, -0.1) is 0 Å². The third kappa shape index (κ3) is 3.47. The molecule has 1 atom stereocenters. The molecular weight excluding hydrogens is 196 g/mol. The van der Waals surface area contributed by atoms with Gasteiger partial charge in [0.1, 0.15) is 0 Å². The van der Waals surface area contributed by atoms with E-state index in [4.69, 9.17) is 5.73 Å². The number of carbonyl (C=O) groups is 1. The first-order chi connectivity index (χ1) is 6.76. The summed E-state index contributed by atoms with van der Waals surface area (Å²) in [4.78, 5) is 11.5. The molecule has 1 aromatic heterocycles. The first-order valence-electron chi connectivity index (χ1n) is 4.76. The van der Waals surface area contributed by atoms with Gasteiger partial charge in [0.15, 0.2) is 0 Å². The lowest BCUT2D eigenvalue weighted by molar-refractivity contribution is -0.121. The molecule has 1 heterocycles. The number of nitrogens with one attached hydrogen (secondary N) is 1. The maximum absolute atomic E-state index is 11.5. The van der Waals surface area contributed by atoms with Gasteiger partial charge in [-0.3, -0.25) is 4.79 Å². The van der Waals surface area contributed by atoms with Crippen molar-refractivity contribution >= 4 is 17.2 Å². The van der Waals surface area contributed by atoms with E-state index in [1.165, 1.54) is 0 Å². The Morgan fingerprint density at radius 2 is 2.50 bits per heavy atom. The van der Waals surface area contributed by atoms with Crippen molar-refractivity contribution in [2.45, 2.75) is 25.8 Å². The van der Waals surface area contributed by atoms with Crippen LogP contribution in [0.25, 0.3) is 0 Å². The molecule has 0 radical (unpaired) electrons. The molecule has 0 saturated heterocycles. The van der Waals surface area contributed by atoms with Crippen molar-refractivity contribution in [2.75, 3.05) is 6.54 Å². The average Bonchev–Trinajstić information content (AvgIpc) is 2.66. The average molecular weight is 212 g/mol. The zero-order chi connectivity index (χ0) is 10.4. The van der Waals surface area contributed by atoms with Gasteiger partial charge >= 0.3 is 0 Å². The second kappa shape index (κ2) is 5.78. The molecule has 0 saturated carbocycles. The minimum atomic E-state index is 0.0562. The Morgan fingerprint density at radius 1 is 1.71 bits per heavy atom. The Labute approximate surface area is 88.3 Å². The molecule has 3 N–H and O–H groups in total. The van der Waals surface area contributed by atoms with Gasteiger partial charge in [0.25, 0.3) is 0 Å². The van der Waals surface area contributed by atoms with Crippen molar-refractivity contribution in [1.29, 1.82) is 0 Å². The van der Waals surface area contributed by atoms with Crippen molar-refractivity contribution in [2.24, 2.45) is 5.73 Å². The Balaban J connectivity index is 2.35. The summed E-state index contributed by atoms with van der Waals surface area (Å²) in [5, 5.41) is 6.86. The Morgan fingerprint density at radius 3 is 3.00 bits per heavy atom. The van der Waals surface area contributed by atoms with Crippen molar-refractivity contribution in [3.63, 3.8) is 0 Å². The van der Waals surface area contributed by atoms with Gasteiger partial charge < -0.3 is 11.1 Å². The maximum Gasteiger partial charge on any atom is 0.224 e. The SMILES string of the molecule is CCC(CN)NC(=O)Cc1ccsc1. The van der Waals surface area contributed by atoms with Crippen molar-refractivity contribution in [1.82, 2.24) is 5.32 Å². The van der Waals surface area contributed by atoms with Crippen LogP contribution in [0.2, 0.25) is 0 Å². The van der Waals surface area contributed by atoms with Crippen LogP contribution in [-0.2, 0) is 11.2 Å². The van der Waals surface area contributed by atoms with Gasteiger partial charge in [0.2, 0.25) is 5.91 Å². The summed E-state index contributed by atoms with van der Waals surface area (Å²) < 4.78 is 0. The second-order valence-corrected chi connectivity index (χ2v) is 4.00. The third-order valence-electron chi connectivity index (χ3n) is 2.09. The highest BCUT2D eigenvalue weighted by Gasteiger charge is 2.08. The van der Waals surface area contributed by atoms with E-state index in [9.17, 15) is 4.79 Å². The highest BCUT2D eigenvalue weighted by Crippen LogP contribution is 2.06. The number of carbonyl (C=O) groups excluding carboxylic acids is 1. The summed E-state index contributed by atoms with van der Waals surface area (Å²) in [5.41, 5.74) is 6.56. The van der Waals surface area contributed by atoms with E-state index < -0.39 is 0 Å². The summed E-state index contributed by atoms with van der Waals surface area (Å²) in [6.07, 6.45) is 1.34. The van der Waals surface area contributed by atoms with E-state index in [1.807, 2.05) is 23.8 Å². The van der Waals surface area contributed by atoms with Crippen LogP contribution in [0.5, 0.6) is 0 Å². The number of rotatable bonds is 5. The monoisotopic (exact) mass is 212 g/mol. The molecule has 1 amide bonds. The fourth-order valence-electron chi connectivity index (χ4n) is 1.18. The number of amides is 1. The highest BCUT2D eigenvalue weighted by atomic mass is 32.1. The molecule has 1 unspecified atom stereocenters. The van der Waals surface area contributed by atoms with E-state index in [-0.39, 0.29) is 11.9 Å². The smallest absolute Gasteiger partial charge is 0.224 e. The molecular formula is C10H16N2OS. The lowest BCUT2D eigenvalue weighted by Gasteiger charge is -2.13. The Hall–Kier alpha value is -0.870. The largest absolute Gasteiger partial charge is 0.352 e. The van der Waals surface area contributed by atoms with Crippen LogP contribution in [0, 0.1) is 0 Å². The zero-order valence-corrected chi connectivity index (χ0v) is 9.14. The first kappa shape index (κ1) is 11.2. The molecule has 0 aliphatic carbocycles. The van der Waals surface area contributed by atoms with Gasteiger partial charge in [0.05, 0.1) is 6.42 Å². The summed E-state index contributed by atoms with van der Waals surface area (Å²) in [6.45, 7) is 2.52. The zero-order valence-electron chi connectivity index (χ0n) is 8.32. The van der Waals surface area contributed by atoms with Crippen molar-refractivity contribution in [3.8, 4) is 0 Å². The van der Waals surface area contributed by atoms with E-state index >= 15 is 0 Å². The molecule has 0 spiro atoms. The summed E-state index contributed by atoms with van der Waals surface area (Å²) in [5.74, 6) is 0.0562. The number of thiophene rings is 1. The number of hydrogen-bond acceptors (Lipinski definition) is 3. The fraction of sp³-hybridized carbons (Fsp3) is 0.500. The van der Waals surface area contributed by atoms with Crippen LogP contribution in [0.3, 0.4) is 0 Å². The van der Waals surface area contributed by atoms with E-state index in [0.717, 1.165) is 12.0 Å². The van der Waals surface area contributed by atoms with Gasteiger partial charge in [-0.05, 0) is 28.8 Å². The Kier molecular flexibility index (Phi) is 4.62. The number of hydrogen-bond donors (Lipinski definition) is 2. The predicted molar refractivity (Wildman–Crippen MR) is 59.3 cm³/mol. The lowest BCUT2D eigenvalue weighted by atomic mass is 10.2. The molecule has 0 fully saturated rings. The van der Waals surface area contributed by atoms with Gasteiger partial charge in [-0.1, -0.05) is 6.92 Å². The van der Waals surface area contributed by atoms with Crippen LogP contribution >= 0.6 is 11.3 Å². The van der Waals surface area contributed by atoms with Crippen molar-refractivity contribution < 1.29 is 4.79 Å². The standard InChI is InChI=1S/C10H16N2OS/c1-2-9(6-11)12-10(13)5-8-3-4-14-7-8/h3-4,7,9H,2,5-6,11H2,1H3,(H,12,13). The van der Waals surface area contributed by atoms with Crippen LogP contribution in [0.1, 0.15) is 18.9 Å². The fourth-order valence-corrected chi connectivity index (χ4v) is 1.85. The summed E-state index contributed by atoms with van der Waals surface area (Å²) >= 11 is 1.61. The van der Waals surface area contributed by atoms with Crippen LogP contribution in [0.15, 0.2) is 16.8 Å². The minimum Gasteiger partial charge on any atom is -0.352 e. The predicted octanol–water partition coefficient (Wildman–Crippen LogP) is 1.14. The molecule has 0 aromatic carbocycles. The van der Waals surface area contributed by atoms with Gasteiger partial charge in [-0.2, -0.15) is 11.3 Å². The molecule has 0 bridgehead atoms. The lowest BCUT2D eigenvalue weighted by Crippen LogP contribution is -2.40. The van der Waals surface area contributed by atoms with Gasteiger partial charge in [0, 0.05) is 12.6 Å². The van der Waals surface area contributed by atoms with Crippen LogP contribution < -0.4 is 11.1 Å². The maximum atomic E-state index is 11.5. The van der Waals surface area contributed by atoms with Crippen LogP contribution in [0.4, 0.5) is 0 Å². The molecule has 78 valence electrons. The molecule has 0 aliphatic heterocycles. The normalized spacial score (nSPS) is 12.4. The number of nitrogens with two attached hydrogens (primary N) is 1. The molecule has 4 heteroatoms. The van der Waals surface area contributed by atoms with Gasteiger partial charge in [-0.25, -0.2) is 0 Å². The summed E-state index contributed by atoms with van der Waals surface area (Å²) in [6, 6.07) is 2.08.